The van der Waals surface area contributed by atoms with Gasteiger partial charge >= 0.3 is 0 Å². The Kier molecular flexibility index (Phi) is 5.62. The molecule has 0 atom stereocenters. The maximum absolute atomic E-state index is 11.6. The molecule has 0 bridgehead atoms. The normalized spacial score (nSPS) is 9.62. The van der Waals surface area contributed by atoms with Crippen molar-refractivity contribution < 1.29 is 4.79 Å². The van der Waals surface area contributed by atoms with Gasteiger partial charge in [0.05, 0.1) is 5.02 Å². The summed E-state index contributed by atoms with van der Waals surface area (Å²) in [4.78, 5) is 15.8. The number of aromatic nitrogens is 1. The first-order valence-corrected chi connectivity index (χ1v) is 7.05. The predicted molar refractivity (Wildman–Crippen MR) is 84.3 cm³/mol. The van der Waals surface area contributed by atoms with E-state index in [0.29, 0.717) is 28.6 Å². The molecular weight excluding hydrogens is 307 g/mol. The van der Waals surface area contributed by atoms with E-state index in [1.165, 1.54) is 0 Å². The number of carbonyl (C=O) groups excluding carboxylic acids is 1. The molecule has 2 rings (SSSR count). The van der Waals surface area contributed by atoms with Crippen LogP contribution in [-0.2, 0) is 11.2 Å². The Bertz CT molecular complexity index is 690. The lowest BCUT2D eigenvalue weighted by Gasteiger charge is -2.00. The quantitative estimate of drug-likeness (QED) is 0.884. The van der Waals surface area contributed by atoms with Crippen molar-refractivity contribution in [3.05, 3.63) is 63.9 Å². The number of amides is 1. The van der Waals surface area contributed by atoms with E-state index in [4.69, 9.17) is 23.2 Å². The van der Waals surface area contributed by atoms with Crippen LogP contribution in [0, 0.1) is 11.8 Å². The second kappa shape index (κ2) is 7.68. The fraction of sp³-hybridized carbons (Fsp3) is 0.125. The Morgan fingerprint density at radius 3 is 2.81 bits per heavy atom. The molecule has 2 aromatic rings. The Hall–Kier alpha value is -2.02. The van der Waals surface area contributed by atoms with Crippen LogP contribution in [0.1, 0.15) is 11.3 Å². The van der Waals surface area contributed by atoms with Crippen LogP contribution in [0.5, 0.6) is 0 Å². The molecule has 21 heavy (non-hydrogen) atoms. The first kappa shape index (κ1) is 15.4. The predicted octanol–water partition coefficient (Wildman–Crippen LogP) is 3.10. The fourth-order valence-electron chi connectivity index (χ4n) is 1.61. The molecule has 3 nitrogen and oxygen atoms in total. The van der Waals surface area contributed by atoms with Crippen LogP contribution in [0.15, 0.2) is 42.6 Å². The highest BCUT2D eigenvalue weighted by atomic mass is 35.5. The van der Waals surface area contributed by atoms with Crippen molar-refractivity contribution in [2.75, 3.05) is 6.54 Å². The van der Waals surface area contributed by atoms with Crippen molar-refractivity contribution in [2.24, 2.45) is 0 Å². The van der Waals surface area contributed by atoms with Gasteiger partial charge in [-0.15, -0.1) is 0 Å². The van der Waals surface area contributed by atoms with Gasteiger partial charge in [0.15, 0.2) is 0 Å². The molecule has 1 aromatic heterocycles. The highest BCUT2D eigenvalue weighted by Crippen LogP contribution is 2.19. The van der Waals surface area contributed by atoms with Crippen LogP contribution in [0.3, 0.4) is 0 Å². The van der Waals surface area contributed by atoms with Crippen molar-refractivity contribution in [1.29, 1.82) is 0 Å². The van der Waals surface area contributed by atoms with E-state index < -0.39 is 0 Å². The number of halogens is 2. The number of benzene rings is 1. The molecule has 0 radical (unpaired) electrons. The van der Waals surface area contributed by atoms with Gasteiger partial charge in [-0.2, -0.15) is 0 Å². The summed E-state index contributed by atoms with van der Waals surface area (Å²) in [5.74, 6) is 4.87. The summed E-state index contributed by atoms with van der Waals surface area (Å²) in [6.45, 7) is 0.485. The molecule has 0 saturated carbocycles. The Morgan fingerprint density at radius 1 is 1.24 bits per heavy atom. The van der Waals surface area contributed by atoms with Crippen LogP contribution in [0.2, 0.25) is 10.0 Å². The van der Waals surface area contributed by atoms with Crippen molar-refractivity contribution in [1.82, 2.24) is 10.3 Å². The van der Waals surface area contributed by atoms with E-state index in [1.807, 2.05) is 18.2 Å². The van der Waals surface area contributed by atoms with Gasteiger partial charge in [0.2, 0.25) is 0 Å². The zero-order valence-corrected chi connectivity index (χ0v) is 12.6. The molecule has 0 fully saturated rings. The molecule has 5 heteroatoms. The van der Waals surface area contributed by atoms with Crippen LogP contribution >= 0.6 is 23.2 Å². The smallest absolute Gasteiger partial charge is 0.296 e. The van der Waals surface area contributed by atoms with Gasteiger partial charge in [-0.3, -0.25) is 9.78 Å². The van der Waals surface area contributed by atoms with E-state index in [-0.39, 0.29) is 5.91 Å². The highest BCUT2D eigenvalue weighted by molar-refractivity contribution is 6.35. The molecule has 0 aliphatic heterocycles. The van der Waals surface area contributed by atoms with Gasteiger partial charge in [-0.1, -0.05) is 35.2 Å². The maximum atomic E-state index is 11.6. The summed E-state index contributed by atoms with van der Waals surface area (Å²) in [7, 11) is 0. The van der Waals surface area contributed by atoms with Gasteiger partial charge in [-0.05, 0) is 30.3 Å². The van der Waals surface area contributed by atoms with Crippen LogP contribution in [0.4, 0.5) is 0 Å². The zero-order valence-electron chi connectivity index (χ0n) is 11.1. The number of rotatable bonds is 3. The molecule has 1 N–H and O–H groups in total. The number of pyridine rings is 1. The Morgan fingerprint density at radius 2 is 2.10 bits per heavy atom. The molecule has 1 heterocycles. The summed E-state index contributed by atoms with van der Waals surface area (Å²) in [5, 5.41) is 3.67. The average Bonchev–Trinajstić information content (AvgIpc) is 2.47. The van der Waals surface area contributed by atoms with Gasteiger partial charge in [0.25, 0.3) is 5.91 Å². The number of carbonyl (C=O) groups is 1. The summed E-state index contributed by atoms with van der Waals surface area (Å²) >= 11 is 11.8. The second-order valence-corrected chi connectivity index (χ2v) is 5.04. The molecular formula is C16H12Cl2N2O. The molecule has 0 spiro atoms. The minimum absolute atomic E-state index is 0.350. The van der Waals surface area contributed by atoms with Crippen molar-refractivity contribution >= 4 is 29.1 Å². The van der Waals surface area contributed by atoms with E-state index in [9.17, 15) is 4.79 Å². The average molecular weight is 319 g/mol. The van der Waals surface area contributed by atoms with Gasteiger partial charge in [-0.25, -0.2) is 0 Å². The summed E-state index contributed by atoms with van der Waals surface area (Å²) in [5.41, 5.74) is 1.49. The SMILES string of the molecule is O=C(C#Cc1ccc(Cl)cc1Cl)NCCc1ccccn1. The minimum Gasteiger partial charge on any atom is -0.345 e. The molecule has 0 aliphatic rings. The number of nitrogens with one attached hydrogen (secondary N) is 1. The van der Waals surface area contributed by atoms with Crippen LogP contribution in [-0.4, -0.2) is 17.4 Å². The third kappa shape index (κ3) is 5.11. The monoisotopic (exact) mass is 318 g/mol. The molecule has 0 unspecified atom stereocenters. The van der Waals surface area contributed by atoms with E-state index >= 15 is 0 Å². The standard InChI is InChI=1S/C16H12Cl2N2O/c17-13-6-4-12(15(18)11-13)5-7-16(21)20-10-8-14-3-1-2-9-19-14/h1-4,6,9,11H,8,10H2,(H,20,21). The zero-order chi connectivity index (χ0) is 15.1. The highest BCUT2D eigenvalue weighted by Gasteiger charge is 1.99. The maximum Gasteiger partial charge on any atom is 0.296 e. The third-order valence-corrected chi connectivity index (χ3v) is 3.18. The second-order valence-electron chi connectivity index (χ2n) is 4.20. The van der Waals surface area contributed by atoms with Gasteiger partial charge in [0, 0.05) is 41.4 Å². The summed E-state index contributed by atoms with van der Waals surface area (Å²) < 4.78 is 0. The lowest BCUT2D eigenvalue weighted by atomic mass is 10.2. The van der Waals surface area contributed by atoms with E-state index in [0.717, 1.165) is 5.69 Å². The van der Waals surface area contributed by atoms with Crippen molar-refractivity contribution in [3.8, 4) is 11.8 Å². The topological polar surface area (TPSA) is 42.0 Å². The van der Waals surface area contributed by atoms with Crippen molar-refractivity contribution in [3.63, 3.8) is 0 Å². The Balaban J connectivity index is 1.86. The van der Waals surface area contributed by atoms with Gasteiger partial charge in [0.1, 0.15) is 0 Å². The Labute approximate surface area is 133 Å². The van der Waals surface area contributed by atoms with Crippen molar-refractivity contribution in [2.45, 2.75) is 6.42 Å². The third-order valence-electron chi connectivity index (χ3n) is 2.63. The number of hydrogen-bond acceptors (Lipinski definition) is 2. The van der Waals surface area contributed by atoms with Gasteiger partial charge < -0.3 is 5.32 Å². The first-order chi connectivity index (χ1) is 10.1. The van der Waals surface area contributed by atoms with E-state index in [1.54, 1.807) is 24.4 Å². The number of hydrogen-bond donors (Lipinski definition) is 1. The molecule has 0 saturated heterocycles. The first-order valence-electron chi connectivity index (χ1n) is 6.30. The largest absolute Gasteiger partial charge is 0.345 e. The summed E-state index contributed by atoms with van der Waals surface area (Å²) in [6.07, 6.45) is 2.38. The minimum atomic E-state index is -0.350. The summed E-state index contributed by atoms with van der Waals surface area (Å²) in [6, 6.07) is 10.6. The fourth-order valence-corrected chi connectivity index (χ4v) is 2.06. The lowest BCUT2D eigenvalue weighted by Crippen LogP contribution is -2.24. The van der Waals surface area contributed by atoms with E-state index in [2.05, 4.69) is 22.1 Å². The lowest BCUT2D eigenvalue weighted by molar-refractivity contribution is -0.115. The molecule has 1 aromatic carbocycles. The van der Waals surface area contributed by atoms with Crippen LogP contribution in [0.25, 0.3) is 0 Å². The molecule has 1 amide bonds. The molecule has 106 valence electrons. The molecule has 0 aliphatic carbocycles. The number of nitrogens with zero attached hydrogens (tertiary/aromatic N) is 1. The van der Waals surface area contributed by atoms with Crippen LogP contribution < -0.4 is 5.32 Å².